The average molecular weight is 668 g/mol. The molecule has 0 spiro atoms. The second-order valence-electron chi connectivity index (χ2n) is 13.2. The van der Waals surface area contributed by atoms with Gasteiger partial charge in [-0.25, -0.2) is 4.98 Å². The van der Waals surface area contributed by atoms with Crippen molar-refractivity contribution < 1.29 is 0 Å². The van der Waals surface area contributed by atoms with Gasteiger partial charge in [-0.05, 0) is 110 Å². The summed E-state index contributed by atoms with van der Waals surface area (Å²) in [5, 5.41) is 4.79. The van der Waals surface area contributed by atoms with Crippen LogP contribution >= 0.6 is 0 Å². The number of para-hydroxylation sites is 3. The Morgan fingerprint density at radius 3 is 1.92 bits per heavy atom. The molecule has 0 amide bonds. The van der Waals surface area contributed by atoms with Crippen molar-refractivity contribution in [3.05, 3.63) is 188 Å². The maximum Gasteiger partial charge on any atom is 0.145 e. The van der Waals surface area contributed by atoms with Crippen molar-refractivity contribution in [2.24, 2.45) is 0 Å². The summed E-state index contributed by atoms with van der Waals surface area (Å²) in [7, 11) is 0. The summed E-state index contributed by atoms with van der Waals surface area (Å²) in [6.45, 7) is 2.10. The SMILES string of the molecule is Cc1ccnc(-c2cccc(N(c3ccccc3)c3cccc(-n4c5ccc6c(c7ccccc7n6-c6ccccc6)c5c5cccnc54)c3)c2)c1. The molecule has 6 aromatic carbocycles. The van der Waals surface area contributed by atoms with Gasteiger partial charge < -0.3 is 9.47 Å². The number of pyridine rings is 2. The van der Waals surface area contributed by atoms with Gasteiger partial charge in [0.05, 0.1) is 22.2 Å². The van der Waals surface area contributed by atoms with Gasteiger partial charge in [-0.3, -0.25) is 9.55 Å². The fraction of sp³-hybridized carbons (Fsp3) is 0.0213. The highest BCUT2D eigenvalue weighted by Gasteiger charge is 2.22. The van der Waals surface area contributed by atoms with Crippen LogP contribution in [0, 0.1) is 6.92 Å². The fourth-order valence-electron chi connectivity index (χ4n) is 7.80. The summed E-state index contributed by atoms with van der Waals surface area (Å²) in [5.41, 5.74) is 13.0. The molecule has 10 aromatic rings. The minimum absolute atomic E-state index is 0.928. The van der Waals surface area contributed by atoms with Crippen LogP contribution in [0.3, 0.4) is 0 Å². The molecule has 0 fully saturated rings. The first-order valence-electron chi connectivity index (χ1n) is 17.6. The van der Waals surface area contributed by atoms with Crippen LogP contribution in [-0.2, 0) is 0 Å². The first-order chi connectivity index (χ1) is 25.7. The molecular formula is C47H33N5. The Balaban J connectivity index is 1.20. The minimum atomic E-state index is 0.928. The van der Waals surface area contributed by atoms with E-state index in [0.29, 0.717) is 0 Å². The van der Waals surface area contributed by atoms with Gasteiger partial charge in [-0.15, -0.1) is 0 Å². The quantitative estimate of drug-likeness (QED) is 0.177. The van der Waals surface area contributed by atoms with Crippen molar-refractivity contribution in [2.45, 2.75) is 6.92 Å². The van der Waals surface area contributed by atoms with Crippen molar-refractivity contribution in [1.29, 1.82) is 0 Å². The molecule has 4 aromatic heterocycles. The monoisotopic (exact) mass is 667 g/mol. The standard InChI is InChI=1S/C47H33N5/c1-32-26-28-48-41(29-32)33-13-10-18-36(30-33)50(34-14-4-2-5-15-34)37-19-11-20-38(31-37)52-44-25-24-43-45(46(44)40-22-12-27-49-47(40)52)39-21-8-9-23-42(39)51(43)35-16-6-3-7-17-35/h2-31H,1H3. The lowest BCUT2D eigenvalue weighted by Crippen LogP contribution is -2.10. The lowest BCUT2D eigenvalue weighted by Gasteiger charge is -2.26. The molecule has 0 N–H and O–H groups in total. The summed E-state index contributed by atoms with van der Waals surface area (Å²) in [5.74, 6) is 0. The summed E-state index contributed by atoms with van der Waals surface area (Å²) < 4.78 is 4.70. The van der Waals surface area contributed by atoms with Gasteiger partial charge in [0, 0.05) is 67.9 Å². The lowest BCUT2D eigenvalue weighted by atomic mass is 10.1. The molecule has 5 nitrogen and oxygen atoms in total. The predicted molar refractivity (Wildman–Crippen MR) is 216 cm³/mol. The van der Waals surface area contributed by atoms with E-state index in [1.165, 1.54) is 32.8 Å². The van der Waals surface area contributed by atoms with Gasteiger partial charge in [0.2, 0.25) is 0 Å². The van der Waals surface area contributed by atoms with E-state index in [-0.39, 0.29) is 0 Å². The highest BCUT2D eigenvalue weighted by molar-refractivity contribution is 6.28. The average Bonchev–Trinajstić information content (AvgIpc) is 3.72. The Hall–Kier alpha value is -6.98. The number of hydrogen-bond donors (Lipinski definition) is 0. The van der Waals surface area contributed by atoms with Crippen LogP contribution < -0.4 is 4.90 Å². The number of aromatic nitrogens is 4. The number of aryl methyl sites for hydroxylation is 1. The van der Waals surface area contributed by atoms with E-state index >= 15 is 0 Å². The van der Waals surface area contributed by atoms with E-state index < -0.39 is 0 Å². The topological polar surface area (TPSA) is 38.9 Å². The number of benzene rings is 6. The normalized spacial score (nSPS) is 11.6. The first kappa shape index (κ1) is 29.9. The Labute approximate surface area is 301 Å². The number of hydrogen-bond acceptors (Lipinski definition) is 3. The fourth-order valence-corrected chi connectivity index (χ4v) is 7.80. The van der Waals surface area contributed by atoms with Crippen LogP contribution in [-0.4, -0.2) is 19.1 Å². The molecule has 0 aliphatic carbocycles. The van der Waals surface area contributed by atoms with E-state index in [1.807, 2.05) is 24.5 Å². The van der Waals surface area contributed by atoms with Crippen molar-refractivity contribution in [2.75, 3.05) is 4.90 Å². The molecule has 4 heterocycles. The molecule has 0 saturated carbocycles. The zero-order chi connectivity index (χ0) is 34.6. The van der Waals surface area contributed by atoms with Crippen molar-refractivity contribution in [1.82, 2.24) is 19.1 Å². The molecule has 52 heavy (non-hydrogen) atoms. The van der Waals surface area contributed by atoms with Crippen molar-refractivity contribution in [3.8, 4) is 22.6 Å². The van der Waals surface area contributed by atoms with Crippen LogP contribution in [0.1, 0.15) is 5.56 Å². The van der Waals surface area contributed by atoms with Crippen LogP contribution in [0.4, 0.5) is 17.1 Å². The second-order valence-corrected chi connectivity index (χ2v) is 13.2. The largest absolute Gasteiger partial charge is 0.310 e. The van der Waals surface area contributed by atoms with E-state index in [4.69, 9.17) is 9.97 Å². The second kappa shape index (κ2) is 12.1. The van der Waals surface area contributed by atoms with Crippen molar-refractivity contribution in [3.63, 3.8) is 0 Å². The molecule has 0 bridgehead atoms. The highest BCUT2D eigenvalue weighted by Crippen LogP contribution is 2.43. The molecule has 0 unspecified atom stereocenters. The summed E-state index contributed by atoms with van der Waals surface area (Å²) in [4.78, 5) is 12.0. The van der Waals surface area contributed by atoms with E-state index in [2.05, 4.69) is 179 Å². The van der Waals surface area contributed by atoms with Crippen LogP contribution in [0.5, 0.6) is 0 Å². The molecule has 0 saturated heterocycles. The number of rotatable bonds is 6. The summed E-state index contributed by atoms with van der Waals surface area (Å²) in [6.07, 6.45) is 3.77. The molecule has 5 heteroatoms. The van der Waals surface area contributed by atoms with Crippen LogP contribution in [0.25, 0.3) is 66.4 Å². The Morgan fingerprint density at radius 2 is 1.10 bits per heavy atom. The zero-order valence-corrected chi connectivity index (χ0v) is 28.6. The molecule has 0 aliphatic heterocycles. The zero-order valence-electron chi connectivity index (χ0n) is 28.6. The summed E-state index contributed by atoms with van der Waals surface area (Å²) >= 11 is 0. The Bertz CT molecular complexity index is 2920. The maximum atomic E-state index is 5.03. The summed E-state index contributed by atoms with van der Waals surface area (Å²) in [6, 6.07) is 60.3. The molecule has 246 valence electrons. The van der Waals surface area contributed by atoms with E-state index in [9.17, 15) is 0 Å². The number of nitrogens with zero attached hydrogens (tertiary/aromatic N) is 5. The van der Waals surface area contributed by atoms with Crippen LogP contribution in [0.2, 0.25) is 0 Å². The van der Waals surface area contributed by atoms with Gasteiger partial charge in [0.1, 0.15) is 5.65 Å². The van der Waals surface area contributed by atoms with Gasteiger partial charge in [0.25, 0.3) is 0 Å². The first-order valence-corrected chi connectivity index (χ1v) is 17.6. The predicted octanol–water partition coefficient (Wildman–Crippen LogP) is 12.1. The highest BCUT2D eigenvalue weighted by atomic mass is 15.1. The van der Waals surface area contributed by atoms with Crippen molar-refractivity contribution >= 4 is 60.8 Å². The molecule has 0 aliphatic rings. The number of anilines is 3. The Morgan fingerprint density at radius 1 is 0.442 bits per heavy atom. The third kappa shape index (κ3) is 4.78. The molecule has 10 rings (SSSR count). The number of fused-ring (bicyclic) bond motifs is 7. The maximum absolute atomic E-state index is 5.03. The Kier molecular flexibility index (Phi) is 6.96. The third-order valence-corrected chi connectivity index (χ3v) is 10.0. The lowest BCUT2D eigenvalue weighted by molar-refractivity contribution is 1.13. The van der Waals surface area contributed by atoms with E-state index in [1.54, 1.807) is 0 Å². The molecule has 0 atom stereocenters. The molecular weight excluding hydrogens is 635 g/mol. The smallest absolute Gasteiger partial charge is 0.145 e. The van der Waals surface area contributed by atoms with Gasteiger partial charge in [-0.1, -0.05) is 72.8 Å². The van der Waals surface area contributed by atoms with Gasteiger partial charge >= 0.3 is 0 Å². The van der Waals surface area contributed by atoms with Gasteiger partial charge in [0.15, 0.2) is 0 Å². The minimum Gasteiger partial charge on any atom is -0.310 e. The van der Waals surface area contributed by atoms with Crippen LogP contribution in [0.15, 0.2) is 182 Å². The third-order valence-electron chi connectivity index (χ3n) is 10.0. The van der Waals surface area contributed by atoms with Gasteiger partial charge in [-0.2, -0.15) is 0 Å². The van der Waals surface area contributed by atoms with E-state index in [0.717, 1.165) is 56.2 Å². The molecule has 0 radical (unpaired) electrons.